The molecule has 0 saturated heterocycles. The van der Waals surface area contributed by atoms with Gasteiger partial charge in [-0.2, -0.15) is 13.2 Å². The summed E-state index contributed by atoms with van der Waals surface area (Å²) in [5.74, 6) is -3.49. The first-order valence-electron chi connectivity index (χ1n) is 7.19. The van der Waals surface area contributed by atoms with Gasteiger partial charge in [0.1, 0.15) is 11.3 Å². The lowest BCUT2D eigenvalue weighted by atomic mass is 10.1. The maximum Gasteiger partial charge on any atom is 0.451 e. The molecule has 1 aromatic carbocycles. The topological polar surface area (TPSA) is 105 Å². The highest BCUT2D eigenvalue weighted by Crippen LogP contribution is 2.24. The van der Waals surface area contributed by atoms with Crippen molar-refractivity contribution in [2.75, 3.05) is 25.0 Å². The Morgan fingerprint density at radius 2 is 1.92 bits per heavy atom. The lowest BCUT2D eigenvalue weighted by molar-refractivity contribution is -0.168. The van der Waals surface area contributed by atoms with E-state index in [9.17, 15) is 27.6 Å². The van der Waals surface area contributed by atoms with Crippen molar-refractivity contribution in [3.63, 3.8) is 0 Å². The normalized spacial score (nSPS) is 10.9. The number of aromatic carboxylic acids is 1. The van der Waals surface area contributed by atoms with E-state index in [0.29, 0.717) is 13.0 Å². The summed E-state index contributed by atoms with van der Waals surface area (Å²) < 4.78 is 41.8. The Kier molecular flexibility index (Phi) is 7.22. The molecule has 0 radical (unpaired) electrons. The van der Waals surface area contributed by atoms with Crippen molar-refractivity contribution in [3.8, 4) is 5.75 Å². The van der Waals surface area contributed by atoms with Gasteiger partial charge in [-0.1, -0.05) is 0 Å². The van der Waals surface area contributed by atoms with E-state index in [0.717, 1.165) is 6.07 Å². The number of anilines is 1. The van der Waals surface area contributed by atoms with E-state index in [1.165, 1.54) is 19.1 Å². The lowest BCUT2D eigenvalue weighted by Crippen LogP contribution is -2.29. The molecule has 0 aromatic heterocycles. The van der Waals surface area contributed by atoms with E-state index in [4.69, 9.17) is 9.84 Å². The van der Waals surface area contributed by atoms with E-state index in [1.54, 1.807) is 0 Å². The van der Waals surface area contributed by atoms with Gasteiger partial charge < -0.3 is 20.5 Å². The van der Waals surface area contributed by atoms with Crippen molar-refractivity contribution in [1.82, 2.24) is 5.32 Å². The van der Waals surface area contributed by atoms with Crippen LogP contribution in [0.3, 0.4) is 0 Å². The average molecular weight is 362 g/mol. The molecule has 138 valence electrons. The quantitative estimate of drug-likeness (QED) is 0.579. The molecule has 3 N–H and O–H groups in total. The number of ketones is 1. The number of benzene rings is 1. The summed E-state index contributed by atoms with van der Waals surface area (Å²) in [5.41, 5.74) is -0.0633. The van der Waals surface area contributed by atoms with Crippen LogP contribution in [0.1, 0.15) is 23.7 Å². The van der Waals surface area contributed by atoms with Crippen molar-refractivity contribution in [1.29, 1.82) is 0 Å². The Hall–Kier alpha value is -2.78. The molecule has 0 atom stereocenters. The van der Waals surface area contributed by atoms with Crippen molar-refractivity contribution >= 4 is 23.3 Å². The molecule has 1 amide bonds. The van der Waals surface area contributed by atoms with E-state index in [1.807, 2.05) is 0 Å². The zero-order valence-electron chi connectivity index (χ0n) is 13.3. The fourth-order valence-corrected chi connectivity index (χ4v) is 1.73. The van der Waals surface area contributed by atoms with E-state index < -0.39 is 24.5 Å². The summed E-state index contributed by atoms with van der Waals surface area (Å²) in [5, 5.41) is 13.9. The van der Waals surface area contributed by atoms with Gasteiger partial charge in [0, 0.05) is 25.2 Å². The third-order valence-electron chi connectivity index (χ3n) is 2.93. The van der Waals surface area contributed by atoms with Gasteiger partial charge in [-0.15, -0.1) is 0 Å². The van der Waals surface area contributed by atoms with Gasteiger partial charge in [0.2, 0.25) is 5.91 Å². The first-order valence-corrected chi connectivity index (χ1v) is 7.19. The number of ether oxygens (including phenoxy) is 1. The standard InChI is InChI=1S/C15H17F3N2O5/c1-9(21)19-5-2-6-25-12-7-10(3-4-11(12)14(23)24)20-8-13(22)15(16,17)18/h3-4,7,20H,2,5-6,8H2,1H3,(H,19,21)(H,23,24). The van der Waals surface area contributed by atoms with Gasteiger partial charge in [-0.05, 0) is 18.6 Å². The molecule has 25 heavy (non-hydrogen) atoms. The molecule has 1 aromatic rings. The molecule has 0 spiro atoms. The molecule has 0 saturated carbocycles. The van der Waals surface area contributed by atoms with E-state index >= 15 is 0 Å². The molecular formula is C15H17F3N2O5. The number of amides is 1. The highest BCUT2D eigenvalue weighted by atomic mass is 19.4. The Morgan fingerprint density at radius 1 is 1.24 bits per heavy atom. The van der Waals surface area contributed by atoms with Gasteiger partial charge in [0.05, 0.1) is 13.2 Å². The summed E-state index contributed by atoms with van der Waals surface area (Å²) >= 11 is 0. The highest BCUT2D eigenvalue weighted by Gasteiger charge is 2.37. The zero-order valence-corrected chi connectivity index (χ0v) is 13.3. The summed E-state index contributed by atoms with van der Waals surface area (Å²) in [6.45, 7) is 0.792. The Morgan fingerprint density at radius 3 is 2.48 bits per heavy atom. The van der Waals surface area contributed by atoms with Crippen LogP contribution in [0.25, 0.3) is 0 Å². The number of carbonyl (C=O) groups excluding carboxylic acids is 2. The number of Topliss-reactive ketones (excluding diaryl/α,β-unsaturated/α-hetero) is 1. The molecule has 0 aliphatic carbocycles. The van der Waals surface area contributed by atoms with Crippen molar-refractivity contribution in [2.24, 2.45) is 0 Å². The first kappa shape index (κ1) is 20.3. The summed E-state index contributed by atoms with van der Waals surface area (Å²) in [6, 6.07) is 3.59. The van der Waals surface area contributed by atoms with Gasteiger partial charge >= 0.3 is 12.1 Å². The minimum absolute atomic E-state index is 0.0558. The van der Waals surface area contributed by atoms with Gasteiger partial charge in [-0.25, -0.2) is 4.79 Å². The second-order valence-electron chi connectivity index (χ2n) is 4.98. The maximum absolute atomic E-state index is 12.2. The fourth-order valence-electron chi connectivity index (χ4n) is 1.73. The van der Waals surface area contributed by atoms with Crippen LogP contribution in [-0.2, 0) is 9.59 Å². The fraction of sp³-hybridized carbons (Fsp3) is 0.400. The Bertz CT molecular complexity index is 647. The third kappa shape index (κ3) is 7.10. The molecular weight excluding hydrogens is 345 g/mol. The molecule has 0 bridgehead atoms. The number of nitrogens with one attached hydrogen (secondary N) is 2. The number of hydrogen-bond donors (Lipinski definition) is 3. The van der Waals surface area contributed by atoms with Crippen LogP contribution in [-0.4, -0.2) is 48.6 Å². The molecule has 0 aliphatic heterocycles. The zero-order chi connectivity index (χ0) is 19.0. The van der Waals surface area contributed by atoms with Gasteiger partial charge in [-0.3, -0.25) is 9.59 Å². The van der Waals surface area contributed by atoms with Crippen LogP contribution in [0.4, 0.5) is 18.9 Å². The van der Waals surface area contributed by atoms with E-state index in [2.05, 4.69) is 10.6 Å². The van der Waals surface area contributed by atoms with Crippen molar-refractivity contribution < 1.29 is 37.4 Å². The number of carboxylic acid groups (broad SMARTS) is 1. The van der Waals surface area contributed by atoms with Crippen LogP contribution in [0, 0.1) is 0 Å². The number of alkyl halides is 3. The Labute approximate surface area is 141 Å². The Balaban J connectivity index is 2.72. The SMILES string of the molecule is CC(=O)NCCCOc1cc(NCC(=O)C(F)(F)F)ccc1C(=O)O. The van der Waals surface area contributed by atoms with Crippen molar-refractivity contribution in [3.05, 3.63) is 23.8 Å². The van der Waals surface area contributed by atoms with Crippen LogP contribution in [0.5, 0.6) is 5.75 Å². The summed E-state index contributed by atoms with van der Waals surface area (Å²) in [7, 11) is 0. The third-order valence-corrected chi connectivity index (χ3v) is 2.93. The van der Waals surface area contributed by atoms with Crippen molar-refractivity contribution in [2.45, 2.75) is 19.5 Å². The average Bonchev–Trinajstić information content (AvgIpc) is 2.50. The van der Waals surface area contributed by atoms with Crippen LogP contribution in [0.2, 0.25) is 0 Å². The second-order valence-corrected chi connectivity index (χ2v) is 4.98. The smallest absolute Gasteiger partial charge is 0.451 e. The number of hydrogen-bond acceptors (Lipinski definition) is 5. The van der Waals surface area contributed by atoms with Gasteiger partial charge in [0.15, 0.2) is 0 Å². The first-order chi connectivity index (χ1) is 11.6. The minimum Gasteiger partial charge on any atom is -0.493 e. The number of halogens is 3. The maximum atomic E-state index is 12.2. The summed E-state index contributed by atoms with van der Waals surface area (Å²) in [4.78, 5) is 32.7. The largest absolute Gasteiger partial charge is 0.493 e. The molecule has 0 fully saturated rings. The number of carboxylic acids is 1. The molecule has 7 nitrogen and oxygen atoms in total. The number of rotatable bonds is 9. The molecule has 0 aliphatic rings. The second kappa shape index (κ2) is 8.90. The van der Waals surface area contributed by atoms with Crippen LogP contribution in [0.15, 0.2) is 18.2 Å². The molecule has 10 heteroatoms. The molecule has 1 rings (SSSR count). The number of carbonyl (C=O) groups is 3. The van der Waals surface area contributed by atoms with Crippen LogP contribution >= 0.6 is 0 Å². The predicted molar refractivity (Wildman–Crippen MR) is 81.7 cm³/mol. The predicted octanol–water partition coefficient (Wildman–Crippen LogP) is 1.83. The highest BCUT2D eigenvalue weighted by molar-refractivity contribution is 5.92. The molecule has 0 heterocycles. The van der Waals surface area contributed by atoms with Crippen LogP contribution < -0.4 is 15.4 Å². The van der Waals surface area contributed by atoms with E-state index in [-0.39, 0.29) is 29.5 Å². The van der Waals surface area contributed by atoms with Gasteiger partial charge in [0.25, 0.3) is 5.78 Å². The lowest BCUT2D eigenvalue weighted by Gasteiger charge is -2.13. The minimum atomic E-state index is -4.95. The monoisotopic (exact) mass is 362 g/mol. The molecule has 0 unspecified atom stereocenters. The summed E-state index contributed by atoms with van der Waals surface area (Å²) in [6.07, 6.45) is -4.54.